The molecule has 0 fully saturated rings. The Bertz CT molecular complexity index is 1290. The summed E-state index contributed by atoms with van der Waals surface area (Å²) in [7, 11) is -2.58. The number of hydrogen-bond donors (Lipinski definition) is 1. The molecular weight excluding hydrogens is 490 g/mol. The molecule has 196 valence electrons. The van der Waals surface area contributed by atoms with Crippen LogP contribution in [0.1, 0.15) is 25.0 Å². The standard InChI is InChI=1S/C28H33N3O5S/c1-5-29-28(33)22(3)30(19-23-13-11-21(2)12-14-23)27(32)20-31(24-15-17-25(36-4)18-16-24)37(34,35)26-9-7-6-8-10-26/h6-18,22H,5,19-20H2,1-4H3,(H,29,33). The third-order valence-electron chi connectivity index (χ3n) is 5.96. The van der Waals surface area contributed by atoms with Gasteiger partial charge in [-0.05, 0) is 62.7 Å². The highest BCUT2D eigenvalue weighted by Crippen LogP contribution is 2.26. The van der Waals surface area contributed by atoms with Crippen molar-refractivity contribution >= 4 is 27.5 Å². The summed E-state index contributed by atoms with van der Waals surface area (Å²) in [6.45, 7) is 5.48. The van der Waals surface area contributed by atoms with Crippen molar-refractivity contribution in [2.75, 3.05) is 24.5 Å². The van der Waals surface area contributed by atoms with E-state index < -0.39 is 28.5 Å². The lowest BCUT2D eigenvalue weighted by atomic mass is 10.1. The van der Waals surface area contributed by atoms with Crippen LogP contribution in [0.5, 0.6) is 5.75 Å². The van der Waals surface area contributed by atoms with E-state index in [4.69, 9.17) is 4.74 Å². The fourth-order valence-electron chi connectivity index (χ4n) is 3.79. The molecule has 0 aliphatic rings. The summed E-state index contributed by atoms with van der Waals surface area (Å²) in [6.07, 6.45) is 0. The first-order valence-corrected chi connectivity index (χ1v) is 13.5. The maximum atomic E-state index is 13.8. The summed E-state index contributed by atoms with van der Waals surface area (Å²) in [5.74, 6) is -0.266. The third-order valence-corrected chi connectivity index (χ3v) is 7.75. The minimum Gasteiger partial charge on any atom is -0.497 e. The summed E-state index contributed by atoms with van der Waals surface area (Å²) in [6, 6.07) is 21.2. The van der Waals surface area contributed by atoms with Crippen molar-refractivity contribution in [3.63, 3.8) is 0 Å². The molecule has 0 spiro atoms. The third kappa shape index (κ3) is 6.89. The van der Waals surface area contributed by atoms with Gasteiger partial charge in [-0.25, -0.2) is 8.42 Å². The van der Waals surface area contributed by atoms with Crippen molar-refractivity contribution in [2.24, 2.45) is 0 Å². The molecule has 1 N–H and O–H groups in total. The molecule has 0 saturated heterocycles. The molecule has 9 heteroatoms. The molecule has 0 saturated carbocycles. The second-order valence-electron chi connectivity index (χ2n) is 8.60. The number of amides is 2. The van der Waals surface area contributed by atoms with E-state index in [2.05, 4.69) is 5.32 Å². The van der Waals surface area contributed by atoms with Crippen LogP contribution >= 0.6 is 0 Å². The summed E-state index contributed by atoms with van der Waals surface area (Å²) < 4.78 is 33.7. The zero-order valence-corrected chi connectivity index (χ0v) is 22.4. The van der Waals surface area contributed by atoms with Gasteiger partial charge in [0.25, 0.3) is 10.0 Å². The van der Waals surface area contributed by atoms with Gasteiger partial charge in [0, 0.05) is 13.1 Å². The van der Waals surface area contributed by atoms with E-state index in [1.165, 1.54) is 24.1 Å². The number of aryl methyl sites for hydroxylation is 1. The molecule has 0 aromatic heterocycles. The Kier molecular flexibility index (Phi) is 9.30. The molecule has 3 aromatic carbocycles. The molecule has 3 aromatic rings. The molecule has 0 bridgehead atoms. The minimum atomic E-state index is -4.09. The highest BCUT2D eigenvalue weighted by atomic mass is 32.2. The van der Waals surface area contributed by atoms with Gasteiger partial charge in [0.15, 0.2) is 0 Å². The minimum absolute atomic E-state index is 0.0560. The monoisotopic (exact) mass is 523 g/mol. The van der Waals surface area contributed by atoms with Gasteiger partial charge in [0.05, 0.1) is 17.7 Å². The molecule has 1 atom stereocenters. The number of carbonyl (C=O) groups excluding carboxylic acids is 2. The van der Waals surface area contributed by atoms with E-state index in [0.29, 0.717) is 18.0 Å². The predicted molar refractivity (Wildman–Crippen MR) is 144 cm³/mol. The highest BCUT2D eigenvalue weighted by Gasteiger charge is 2.32. The smallest absolute Gasteiger partial charge is 0.264 e. The second-order valence-corrected chi connectivity index (χ2v) is 10.5. The van der Waals surface area contributed by atoms with Crippen LogP contribution in [-0.2, 0) is 26.2 Å². The van der Waals surface area contributed by atoms with Gasteiger partial charge in [-0.15, -0.1) is 0 Å². The zero-order chi connectivity index (χ0) is 27.0. The number of carbonyl (C=O) groups is 2. The average Bonchev–Trinajstić information content (AvgIpc) is 2.91. The van der Waals surface area contributed by atoms with Crippen LogP contribution in [-0.4, -0.2) is 51.4 Å². The summed E-state index contributed by atoms with van der Waals surface area (Å²) >= 11 is 0. The molecule has 0 aliphatic heterocycles. The first-order valence-electron chi connectivity index (χ1n) is 12.0. The van der Waals surface area contributed by atoms with Crippen LogP contribution in [0.3, 0.4) is 0 Å². The van der Waals surface area contributed by atoms with Gasteiger partial charge in [0.2, 0.25) is 11.8 Å². The molecule has 1 unspecified atom stereocenters. The maximum absolute atomic E-state index is 13.8. The number of sulfonamides is 1. The van der Waals surface area contributed by atoms with Crippen molar-refractivity contribution in [3.05, 3.63) is 90.0 Å². The van der Waals surface area contributed by atoms with Crippen molar-refractivity contribution in [1.29, 1.82) is 0 Å². The van der Waals surface area contributed by atoms with E-state index in [1.54, 1.807) is 56.3 Å². The number of benzene rings is 3. The van der Waals surface area contributed by atoms with Gasteiger partial charge < -0.3 is 15.0 Å². The predicted octanol–water partition coefficient (Wildman–Crippen LogP) is 3.75. The number of rotatable bonds is 11. The molecule has 0 radical (unpaired) electrons. The molecule has 3 rings (SSSR count). The van der Waals surface area contributed by atoms with Crippen LogP contribution in [0.2, 0.25) is 0 Å². The van der Waals surface area contributed by atoms with E-state index >= 15 is 0 Å². The van der Waals surface area contributed by atoms with Gasteiger partial charge in [0.1, 0.15) is 18.3 Å². The number of anilines is 1. The summed E-state index contributed by atoms with van der Waals surface area (Å²) in [5, 5.41) is 2.75. The summed E-state index contributed by atoms with van der Waals surface area (Å²) in [5.41, 5.74) is 2.20. The van der Waals surface area contributed by atoms with Crippen LogP contribution < -0.4 is 14.4 Å². The topological polar surface area (TPSA) is 96.0 Å². The SMILES string of the molecule is CCNC(=O)C(C)N(Cc1ccc(C)cc1)C(=O)CN(c1ccc(OC)cc1)S(=O)(=O)c1ccccc1. The largest absolute Gasteiger partial charge is 0.497 e. The van der Waals surface area contributed by atoms with Crippen molar-refractivity contribution < 1.29 is 22.7 Å². The van der Waals surface area contributed by atoms with Crippen molar-refractivity contribution in [3.8, 4) is 5.75 Å². The van der Waals surface area contributed by atoms with Gasteiger partial charge in [-0.2, -0.15) is 0 Å². The number of likely N-dealkylation sites (N-methyl/N-ethyl adjacent to an activating group) is 1. The molecular formula is C28H33N3O5S. The van der Waals surface area contributed by atoms with Crippen LogP contribution in [0.4, 0.5) is 5.69 Å². The van der Waals surface area contributed by atoms with E-state index in [9.17, 15) is 18.0 Å². The Morgan fingerprint density at radius 3 is 2.14 bits per heavy atom. The lowest BCUT2D eigenvalue weighted by molar-refractivity contribution is -0.139. The Morgan fingerprint density at radius 1 is 0.946 bits per heavy atom. The number of ether oxygens (including phenoxy) is 1. The molecule has 37 heavy (non-hydrogen) atoms. The van der Waals surface area contributed by atoms with Crippen LogP contribution in [0, 0.1) is 6.92 Å². The number of hydrogen-bond acceptors (Lipinski definition) is 5. The molecule has 0 heterocycles. The Balaban J connectivity index is 2.01. The van der Waals surface area contributed by atoms with Crippen LogP contribution in [0.25, 0.3) is 0 Å². The molecule has 0 aliphatic carbocycles. The maximum Gasteiger partial charge on any atom is 0.264 e. The van der Waals surface area contributed by atoms with Gasteiger partial charge in [-0.1, -0.05) is 48.0 Å². The van der Waals surface area contributed by atoms with E-state index in [1.807, 2.05) is 31.2 Å². The number of nitrogens with one attached hydrogen (secondary N) is 1. The fraction of sp³-hybridized carbons (Fsp3) is 0.286. The van der Waals surface area contributed by atoms with E-state index in [-0.39, 0.29) is 17.3 Å². The lowest BCUT2D eigenvalue weighted by Crippen LogP contribution is -2.51. The number of methoxy groups -OCH3 is 1. The Morgan fingerprint density at radius 2 is 1.57 bits per heavy atom. The first kappa shape index (κ1) is 27.7. The zero-order valence-electron chi connectivity index (χ0n) is 21.5. The lowest BCUT2D eigenvalue weighted by Gasteiger charge is -2.32. The van der Waals surface area contributed by atoms with Crippen molar-refractivity contribution in [2.45, 2.75) is 38.3 Å². The van der Waals surface area contributed by atoms with E-state index in [0.717, 1.165) is 15.4 Å². The second kappa shape index (κ2) is 12.4. The Hall–Kier alpha value is -3.85. The van der Waals surface area contributed by atoms with Gasteiger partial charge >= 0.3 is 0 Å². The van der Waals surface area contributed by atoms with Gasteiger partial charge in [-0.3, -0.25) is 13.9 Å². The van der Waals surface area contributed by atoms with Crippen LogP contribution in [0.15, 0.2) is 83.8 Å². The number of nitrogens with zero attached hydrogens (tertiary/aromatic N) is 2. The highest BCUT2D eigenvalue weighted by molar-refractivity contribution is 7.92. The average molecular weight is 524 g/mol. The first-order chi connectivity index (χ1) is 17.7. The molecule has 8 nitrogen and oxygen atoms in total. The quantitative estimate of drug-likeness (QED) is 0.413. The van der Waals surface area contributed by atoms with Crippen molar-refractivity contribution in [1.82, 2.24) is 10.2 Å². The Labute approximate surface area is 218 Å². The summed E-state index contributed by atoms with van der Waals surface area (Å²) in [4.78, 5) is 28.0. The fourth-order valence-corrected chi connectivity index (χ4v) is 5.23. The normalized spacial score (nSPS) is 11.9. The molecule has 2 amide bonds.